The van der Waals surface area contributed by atoms with Crippen LogP contribution in [0.5, 0.6) is 0 Å². The number of aliphatic imine (C=N–C) groups is 1. The van der Waals surface area contributed by atoms with Crippen molar-refractivity contribution in [1.82, 2.24) is 20.4 Å². The van der Waals surface area contributed by atoms with E-state index in [2.05, 4.69) is 34.6 Å². The van der Waals surface area contributed by atoms with Gasteiger partial charge in [0, 0.05) is 32.9 Å². The molecule has 1 aromatic rings. The van der Waals surface area contributed by atoms with Crippen LogP contribution in [-0.2, 0) is 18.3 Å². The Morgan fingerprint density at radius 2 is 2.20 bits per heavy atom. The zero-order valence-electron chi connectivity index (χ0n) is 12.9. The molecule has 6 heteroatoms. The Kier molecular flexibility index (Phi) is 8.46. The van der Waals surface area contributed by atoms with E-state index in [9.17, 15) is 0 Å². The molecule has 0 aliphatic rings. The summed E-state index contributed by atoms with van der Waals surface area (Å²) in [6.45, 7) is 7.98. The van der Waals surface area contributed by atoms with E-state index < -0.39 is 0 Å². The number of nitrogens with one attached hydrogen (secondary N) is 2. The second-order valence-electron chi connectivity index (χ2n) is 4.53. The number of ether oxygens (including phenoxy) is 1. The number of aromatic nitrogens is 2. The van der Waals surface area contributed by atoms with E-state index in [1.54, 1.807) is 6.20 Å². The zero-order chi connectivity index (χ0) is 14.6. The standard InChI is InChI=1S/C14H27N5O/c1-4-6-10-20-11-9-16-14(15-5-2)17-12-13-7-8-18-19(13)3/h7-8H,4-6,9-12H2,1-3H3,(H2,15,16,17). The third kappa shape index (κ3) is 6.56. The van der Waals surface area contributed by atoms with E-state index in [0.717, 1.165) is 37.8 Å². The summed E-state index contributed by atoms with van der Waals surface area (Å²) in [5.41, 5.74) is 1.08. The molecule has 0 unspecified atom stereocenters. The van der Waals surface area contributed by atoms with E-state index >= 15 is 0 Å². The SMILES string of the molecule is CCCCOCCNC(=NCc1ccnn1C)NCC. The van der Waals surface area contributed by atoms with Crippen LogP contribution in [0.4, 0.5) is 0 Å². The normalized spacial score (nSPS) is 11.7. The molecular weight excluding hydrogens is 254 g/mol. The average molecular weight is 281 g/mol. The van der Waals surface area contributed by atoms with Gasteiger partial charge in [-0.1, -0.05) is 13.3 Å². The fourth-order valence-electron chi connectivity index (χ4n) is 1.65. The van der Waals surface area contributed by atoms with Crippen molar-refractivity contribution in [3.8, 4) is 0 Å². The maximum absolute atomic E-state index is 5.51. The van der Waals surface area contributed by atoms with Crippen LogP contribution in [0.1, 0.15) is 32.4 Å². The van der Waals surface area contributed by atoms with Crippen LogP contribution in [0.15, 0.2) is 17.3 Å². The first-order valence-electron chi connectivity index (χ1n) is 7.34. The van der Waals surface area contributed by atoms with Crippen molar-refractivity contribution in [1.29, 1.82) is 0 Å². The Hall–Kier alpha value is -1.56. The van der Waals surface area contributed by atoms with Crippen molar-refractivity contribution in [2.45, 2.75) is 33.2 Å². The molecule has 0 spiro atoms. The van der Waals surface area contributed by atoms with Gasteiger partial charge in [0.05, 0.1) is 18.8 Å². The first-order chi connectivity index (χ1) is 9.77. The van der Waals surface area contributed by atoms with Gasteiger partial charge in [-0.15, -0.1) is 0 Å². The van der Waals surface area contributed by atoms with Crippen molar-refractivity contribution < 1.29 is 4.74 Å². The summed E-state index contributed by atoms with van der Waals surface area (Å²) < 4.78 is 7.35. The number of aryl methyl sites for hydroxylation is 1. The molecule has 0 saturated carbocycles. The summed E-state index contributed by atoms with van der Waals surface area (Å²) in [7, 11) is 1.92. The molecule has 0 amide bonds. The van der Waals surface area contributed by atoms with Gasteiger partial charge in [0.1, 0.15) is 0 Å². The molecule has 0 aliphatic carbocycles. The minimum Gasteiger partial charge on any atom is -0.380 e. The first-order valence-corrected chi connectivity index (χ1v) is 7.34. The largest absolute Gasteiger partial charge is 0.380 e. The Labute approximate surface area is 121 Å². The van der Waals surface area contributed by atoms with Crippen molar-refractivity contribution in [2.75, 3.05) is 26.3 Å². The number of hydrogen-bond acceptors (Lipinski definition) is 3. The predicted molar refractivity (Wildman–Crippen MR) is 81.8 cm³/mol. The van der Waals surface area contributed by atoms with Crippen molar-refractivity contribution in [3.63, 3.8) is 0 Å². The molecule has 114 valence electrons. The molecule has 0 radical (unpaired) electrons. The molecule has 1 heterocycles. The van der Waals surface area contributed by atoms with Gasteiger partial charge < -0.3 is 15.4 Å². The summed E-state index contributed by atoms with van der Waals surface area (Å²) in [4.78, 5) is 4.53. The van der Waals surface area contributed by atoms with E-state index in [1.807, 2.05) is 17.8 Å². The number of unbranched alkanes of at least 4 members (excludes halogenated alkanes) is 1. The van der Waals surface area contributed by atoms with E-state index in [4.69, 9.17) is 4.74 Å². The lowest BCUT2D eigenvalue weighted by Gasteiger charge is -2.11. The molecular formula is C14H27N5O. The van der Waals surface area contributed by atoms with Crippen LogP contribution in [0, 0.1) is 0 Å². The number of guanidine groups is 1. The second kappa shape index (κ2) is 10.3. The van der Waals surface area contributed by atoms with Gasteiger partial charge in [0.2, 0.25) is 0 Å². The Balaban J connectivity index is 2.30. The smallest absolute Gasteiger partial charge is 0.191 e. The van der Waals surface area contributed by atoms with Crippen LogP contribution in [0.25, 0.3) is 0 Å². The number of nitrogens with zero attached hydrogens (tertiary/aromatic N) is 3. The highest BCUT2D eigenvalue weighted by molar-refractivity contribution is 5.79. The maximum Gasteiger partial charge on any atom is 0.191 e. The molecule has 20 heavy (non-hydrogen) atoms. The van der Waals surface area contributed by atoms with Crippen molar-refractivity contribution in [2.24, 2.45) is 12.0 Å². The molecule has 0 saturated heterocycles. The predicted octanol–water partition coefficient (Wildman–Crippen LogP) is 1.29. The number of hydrogen-bond donors (Lipinski definition) is 2. The van der Waals surface area contributed by atoms with Crippen LogP contribution in [0.2, 0.25) is 0 Å². The van der Waals surface area contributed by atoms with Gasteiger partial charge in [0.15, 0.2) is 5.96 Å². The highest BCUT2D eigenvalue weighted by Gasteiger charge is 1.99. The molecule has 1 aromatic heterocycles. The molecule has 0 aromatic carbocycles. The van der Waals surface area contributed by atoms with Crippen LogP contribution >= 0.6 is 0 Å². The lowest BCUT2D eigenvalue weighted by atomic mass is 10.4. The number of rotatable bonds is 9. The molecule has 1 rings (SSSR count). The van der Waals surface area contributed by atoms with Crippen LogP contribution in [-0.4, -0.2) is 42.0 Å². The van der Waals surface area contributed by atoms with Gasteiger partial charge in [-0.3, -0.25) is 4.68 Å². The van der Waals surface area contributed by atoms with E-state index in [1.165, 1.54) is 6.42 Å². The quantitative estimate of drug-likeness (QED) is 0.407. The molecule has 0 aliphatic heterocycles. The van der Waals surface area contributed by atoms with Gasteiger partial charge in [-0.05, 0) is 19.4 Å². The lowest BCUT2D eigenvalue weighted by molar-refractivity contribution is 0.136. The van der Waals surface area contributed by atoms with E-state index in [-0.39, 0.29) is 0 Å². The third-order valence-corrected chi connectivity index (χ3v) is 2.85. The molecule has 6 nitrogen and oxygen atoms in total. The summed E-state index contributed by atoms with van der Waals surface area (Å²) >= 11 is 0. The minimum atomic E-state index is 0.614. The second-order valence-corrected chi connectivity index (χ2v) is 4.53. The molecule has 2 N–H and O–H groups in total. The Morgan fingerprint density at radius 1 is 1.35 bits per heavy atom. The maximum atomic E-state index is 5.51. The Bertz CT molecular complexity index is 389. The lowest BCUT2D eigenvalue weighted by Crippen LogP contribution is -2.39. The monoisotopic (exact) mass is 281 g/mol. The van der Waals surface area contributed by atoms with Crippen molar-refractivity contribution >= 4 is 5.96 Å². The third-order valence-electron chi connectivity index (χ3n) is 2.85. The minimum absolute atomic E-state index is 0.614. The van der Waals surface area contributed by atoms with Gasteiger partial charge in [-0.2, -0.15) is 5.10 Å². The topological polar surface area (TPSA) is 63.5 Å². The fourth-order valence-corrected chi connectivity index (χ4v) is 1.65. The summed E-state index contributed by atoms with van der Waals surface area (Å²) in [6.07, 6.45) is 4.07. The Morgan fingerprint density at radius 3 is 2.85 bits per heavy atom. The summed E-state index contributed by atoms with van der Waals surface area (Å²) in [5.74, 6) is 0.813. The summed E-state index contributed by atoms with van der Waals surface area (Å²) in [5, 5.41) is 10.6. The zero-order valence-corrected chi connectivity index (χ0v) is 12.9. The van der Waals surface area contributed by atoms with Gasteiger partial charge >= 0.3 is 0 Å². The van der Waals surface area contributed by atoms with Crippen molar-refractivity contribution in [3.05, 3.63) is 18.0 Å². The van der Waals surface area contributed by atoms with E-state index in [0.29, 0.717) is 13.2 Å². The van der Waals surface area contributed by atoms with Crippen LogP contribution in [0.3, 0.4) is 0 Å². The first kappa shape index (κ1) is 16.5. The fraction of sp³-hybridized carbons (Fsp3) is 0.714. The molecule has 0 atom stereocenters. The highest BCUT2D eigenvalue weighted by atomic mass is 16.5. The van der Waals surface area contributed by atoms with Gasteiger partial charge in [0.25, 0.3) is 0 Å². The molecule has 0 fully saturated rings. The van der Waals surface area contributed by atoms with Gasteiger partial charge in [-0.25, -0.2) is 4.99 Å². The highest BCUT2D eigenvalue weighted by Crippen LogP contribution is 1.97. The summed E-state index contributed by atoms with van der Waals surface area (Å²) in [6, 6.07) is 1.97. The molecule has 0 bridgehead atoms. The average Bonchev–Trinajstić information content (AvgIpc) is 2.85. The van der Waals surface area contributed by atoms with Crippen LogP contribution < -0.4 is 10.6 Å².